The van der Waals surface area contributed by atoms with Crippen LogP contribution in [0.3, 0.4) is 0 Å². The van der Waals surface area contributed by atoms with Crippen molar-refractivity contribution in [2.24, 2.45) is 5.41 Å². The Balaban J connectivity index is 1.88. The van der Waals surface area contributed by atoms with E-state index in [4.69, 9.17) is 4.84 Å². The van der Waals surface area contributed by atoms with Crippen LogP contribution in [0, 0.1) is 5.41 Å². The first-order valence-corrected chi connectivity index (χ1v) is 7.81. The van der Waals surface area contributed by atoms with Crippen molar-refractivity contribution in [1.29, 1.82) is 0 Å². The van der Waals surface area contributed by atoms with Crippen molar-refractivity contribution < 1.29 is 18.4 Å². The molecule has 1 saturated heterocycles. The van der Waals surface area contributed by atoms with Gasteiger partial charge in [-0.2, -0.15) is 0 Å². The Morgan fingerprint density at radius 3 is 2.57 bits per heavy atom. The fraction of sp³-hybridized carbons (Fsp3) is 0.588. The number of hydrogen-bond acceptors (Lipinski definition) is 4. The van der Waals surface area contributed by atoms with Crippen molar-refractivity contribution in [2.45, 2.75) is 45.7 Å². The molecule has 1 aromatic carbocycles. The molecule has 6 heteroatoms. The van der Waals surface area contributed by atoms with E-state index >= 15 is 0 Å². The SMILES string of the molecule is CC(C)(C)C(=O)ON1CCC(NCc2ccccc2)C(F)(F)C1. The second-order valence-corrected chi connectivity index (χ2v) is 6.96. The second kappa shape index (κ2) is 6.93. The minimum atomic E-state index is -2.95. The first-order valence-electron chi connectivity index (χ1n) is 7.81. The van der Waals surface area contributed by atoms with E-state index in [1.807, 2.05) is 30.3 Å². The Morgan fingerprint density at radius 1 is 1.35 bits per heavy atom. The summed E-state index contributed by atoms with van der Waals surface area (Å²) >= 11 is 0. The summed E-state index contributed by atoms with van der Waals surface area (Å²) < 4.78 is 28.5. The van der Waals surface area contributed by atoms with Gasteiger partial charge in [-0.15, -0.1) is 5.06 Å². The smallest absolute Gasteiger partial charge is 0.330 e. The van der Waals surface area contributed by atoms with Crippen molar-refractivity contribution in [3.8, 4) is 0 Å². The summed E-state index contributed by atoms with van der Waals surface area (Å²) in [4.78, 5) is 16.9. The molecule has 0 amide bonds. The van der Waals surface area contributed by atoms with Gasteiger partial charge in [-0.05, 0) is 32.8 Å². The molecule has 1 fully saturated rings. The van der Waals surface area contributed by atoms with Crippen LogP contribution >= 0.6 is 0 Å². The van der Waals surface area contributed by atoms with Crippen molar-refractivity contribution in [3.05, 3.63) is 35.9 Å². The largest absolute Gasteiger partial charge is 0.367 e. The molecule has 0 spiro atoms. The summed E-state index contributed by atoms with van der Waals surface area (Å²) in [5, 5.41) is 3.99. The highest BCUT2D eigenvalue weighted by Gasteiger charge is 2.46. The van der Waals surface area contributed by atoms with E-state index in [0.717, 1.165) is 10.6 Å². The number of alkyl halides is 2. The number of piperidine rings is 1. The molecule has 0 aromatic heterocycles. The molecule has 4 nitrogen and oxygen atoms in total. The molecule has 1 aliphatic heterocycles. The number of hydroxylamine groups is 2. The van der Waals surface area contributed by atoms with Crippen LogP contribution in [0.1, 0.15) is 32.8 Å². The van der Waals surface area contributed by atoms with E-state index in [2.05, 4.69) is 5.32 Å². The predicted molar refractivity (Wildman–Crippen MR) is 83.8 cm³/mol. The zero-order chi connectivity index (χ0) is 17.1. The lowest BCUT2D eigenvalue weighted by Gasteiger charge is -2.38. The van der Waals surface area contributed by atoms with Crippen LogP contribution in [0.25, 0.3) is 0 Å². The van der Waals surface area contributed by atoms with Crippen LogP contribution in [-0.2, 0) is 16.2 Å². The second-order valence-electron chi connectivity index (χ2n) is 6.96. The first-order chi connectivity index (χ1) is 10.7. The third kappa shape index (κ3) is 4.97. The number of halogens is 2. The lowest BCUT2D eigenvalue weighted by Crippen LogP contribution is -2.57. The molecular weight excluding hydrogens is 302 g/mol. The Labute approximate surface area is 135 Å². The lowest BCUT2D eigenvalue weighted by atomic mass is 9.97. The van der Waals surface area contributed by atoms with Crippen LogP contribution in [0.2, 0.25) is 0 Å². The van der Waals surface area contributed by atoms with Gasteiger partial charge in [0.25, 0.3) is 5.92 Å². The summed E-state index contributed by atoms with van der Waals surface area (Å²) in [7, 11) is 0. The van der Waals surface area contributed by atoms with Crippen molar-refractivity contribution in [3.63, 3.8) is 0 Å². The lowest BCUT2D eigenvalue weighted by molar-refractivity contribution is -0.232. The average Bonchev–Trinajstić information content (AvgIpc) is 2.45. The molecule has 128 valence electrons. The zero-order valence-corrected chi connectivity index (χ0v) is 13.8. The predicted octanol–water partition coefficient (Wildman–Crippen LogP) is 2.99. The minimum Gasteiger partial charge on any atom is -0.367 e. The van der Waals surface area contributed by atoms with Gasteiger partial charge in [0.15, 0.2) is 0 Å². The van der Waals surface area contributed by atoms with E-state index in [9.17, 15) is 13.6 Å². The molecule has 1 N–H and O–H groups in total. The summed E-state index contributed by atoms with van der Waals surface area (Å²) in [6, 6.07) is 8.51. The molecule has 0 saturated carbocycles. The average molecular weight is 326 g/mol. The van der Waals surface area contributed by atoms with E-state index in [-0.39, 0.29) is 6.42 Å². The minimum absolute atomic E-state index is 0.220. The monoisotopic (exact) mass is 326 g/mol. The quantitative estimate of drug-likeness (QED) is 0.923. The highest BCUT2D eigenvalue weighted by molar-refractivity contribution is 5.75. The Bertz CT molecular complexity index is 529. The zero-order valence-electron chi connectivity index (χ0n) is 13.8. The number of carbonyl (C=O) groups excluding carboxylic acids is 1. The maximum Gasteiger partial charge on any atom is 0.330 e. The van der Waals surface area contributed by atoms with Crippen LogP contribution in [0.4, 0.5) is 8.78 Å². The molecule has 0 bridgehead atoms. The van der Waals surface area contributed by atoms with Gasteiger partial charge in [-0.3, -0.25) is 0 Å². The van der Waals surface area contributed by atoms with Crippen molar-refractivity contribution in [2.75, 3.05) is 13.1 Å². The fourth-order valence-electron chi connectivity index (χ4n) is 2.33. The number of carbonyl (C=O) groups is 1. The molecule has 1 heterocycles. The Kier molecular flexibility index (Phi) is 5.37. The summed E-state index contributed by atoms with van der Waals surface area (Å²) in [6.07, 6.45) is 0.220. The summed E-state index contributed by atoms with van der Waals surface area (Å²) in [5.41, 5.74) is 0.252. The van der Waals surface area contributed by atoms with Gasteiger partial charge in [-0.1, -0.05) is 30.3 Å². The van der Waals surface area contributed by atoms with Gasteiger partial charge in [0, 0.05) is 13.1 Å². The Hall–Kier alpha value is -1.53. The van der Waals surface area contributed by atoms with E-state index in [1.54, 1.807) is 20.8 Å². The molecule has 23 heavy (non-hydrogen) atoms. The Morgan fingerprint density at radius 2 is 2.00 bits per heavy atom. The number of nitrogens with zero attached hydrogens (tertiary/aromatic N) is 1. The highest BCUT2D eigenvalue weighted by atomic mass is 19.3. The van der Waals surface area contributed by atoms with Crippen LogP contribution in [0.15, 0.2) is 30.3 Å². The first kappa shape index (κ1) is 17.8. The van der Waals surface area contributed by atoms with Crippen LogP contribution < -0.4 is 5.32 Å². The van der Waals surface area contributed by atoms with Gasteiger partial charge in [0.1, 0.15) is 6.54 Å². The number of nitrogens with one attached hydrogen (secondary N) is 1. The molecule has 1 unspecified atom stereocenters. The molecule has 1 aromatic rings. The van der Waals surface area contributed by atoms with E-state index in [0.29, 0.717) is 13.1 Å². The molecule has 1 aliphatic rings. The maximum atomic E-state index is 14.3. The van der Waals surface area contributed by atoms with E-state index < -0.39 is 29.9 Å². The van der Waals surface area contributed by atoms with Gasteiger partial charge in [0.2, 0.25) is 0 Å². The van der Waals surface area contributed by atoms with Gasteiger partial charge in [-0.25, -0.2) is 13.6 Å². The maximum absolute atomic E-state index is 14.3. The van der Waals surface area contributed by atoms with E-state index in [1.165, 1.54) is 0 Å². The molecule has 2 rings (SSSR count). The number of rotatable bonds is 4. The highest BCUT2D eigenvalue weighted by Crippen LogP contribution is 2.29. The fourth-order valence-corrected chi connectivity index (χ4v) is 2.33. The molecule has 0 radical (unpaired) electrons. The van der Waals surface area contributed by atoms with Gasteiger partial charge in [0.05, 0.1) is 11.5 Å². The van der Waals surface area contributed by atoms with Crippen LogP contribution in [0.5, 0.6) is 0 Å². The standard InChI is InChI=1S/C17H24F2N2O2/c1-16(2,3)15(22)23-21-10-9-14(17(18,19)12-21)20-11-13-7-5-4-6-8-13/h4-8,14,20H,9-12H2,1-3H3. The third-order valence-corrected chi connectivity index (χ3v) is 3.78. The van der Waals surface area contributed by atoms with Crippen LogP contribution in [-0.4, -0.2) is 36.1 Å². The van der Waals surface area contributed by atoms with Gasteiger partial charge >= 0.3 is 5.97 Å². The third-order valence-electron chi connectivity index (χ3n) is 3.78. The molecular formula is C17H24F2N2O2. The normalized spacial score (nSPS) is 21.9. The number of benzene rings is 1. The van der Waals surface area contributed by atoms with Crippen molar-refractivity contribution >= 4 is 5.97 Å². The molecule has 0 aliphatic carbocycles. The topological polar surface area (TPSA) is 41.6 Å². The van der Waals surface area contributed by atoms with Crippen molar-refractivity contribution in [1.82, 2.24) is 10.4 Å². The summed E-state index contributed by atoms with van der Waals surface area (Å²) in [5.74, 6) is -3.45. The summed E-state index contributed by atoms with van der Waals surface area (Å²) in [6.45, 7) is 5.19. The number of hydrogen-bond donors (Lipinski definition) is 1. The molecule has 1 atom stereocenters. The van der Waals surface area contributed by atoms with Gasteiger partial charge < -0.3 is 10.2 Å².